The van der Waals surface area contributed by atoms with E-state index in [9.17, 15) is 22.4 Å². The Hall–Kier alpha value is -2.26. The second kappa shape index (κ2) is 8.62. The predicted molar refractivity (Wildman–Crippen MR) is 99.9 cm³/mol. The van der Waals surface area contributed by atoms with Crippen molar-refractivity contribution in [1.82, 2.24) is 9.88 Å². The first-order valence-corrected chi connectivity index (χ1v) is 9.24. The summed E-state index contributed by atoms with van der Waals surface area (Å²) in [6.07, 6.45) is -3.78. The molecule has 2 aromatic rings. The molecule has 11 heteroatoms. The molecule has 5 nitrogen and oxygen atoms in total. The Bertz CT molecular complexity index is 903. The molecular formula is C18H15Cl2F4N3O2. The molecule has 1 aliphatic heterocycles. The molecule has 0 N–H and O–H groups in total. The summed E-state index contributed by atoms with van der Waals surface area (Å²) in [5.74, 6) is -0.376. The van der Waals surface area contributed by atoms with Gasteiger partial charge in [-0.15, -0.1) is 0 Å². The Morgan fingerprint density at radius 1 is 1.10 bits per heavy atom. The molecule has 1 amide bonds. The highest BCUT2D eigenvalue weighted by molar-refractivity contribution is 6.33. The van der Waals surface area contributed by atoms with Gasteiger partial charge in [0.2, 0.25) is 0 Å². The number of carbonyl (C=O) groups is 1. The van der Waals surface area contributed by atoms with Crippen LogP contribution in [-0.4, -0.2) is 48.6 Å². The van der Waals surface area contributed by atoms with Crippen molar-refractivity contribution < 1.29 is 27.1 Å². The van der Waals surface area contributed by atoms with Crippen molar-refractivity contribution in [3.8, 4) is 5.75 Å². The molecule has 29 heavy (non-hydrogen) atoms. The number of hydrogen-bond acceptors (Lipinski definition) is 4. The number of pyridine rings is 1. The van der Waals surface area contributed by atoms with E-state index in [2.05, 4.69) is 4.98 Å². The third-order valence-electron chi connectivity index (χ3n) is 4.33. The lowest BCUT2D eigenvalue weighted by atomic mass is 10.2. The molecule has 0 bridgehead atoms. The largest absolute Gasteiger partial charge is 0.482 e. The normalized spacial score (nSPS) is 14.8. The lowest BCUT2D eigenvalue weighted by Crippen LogP contribution is -2.50. The van der Waals surface area contributed by atoms with E-state index in [4.69, 9.17) is 27.9 Å². The van der Waals surface area contributed by atoms with Crippen LogP contribution < -0.4 is 9.64 Å². The maximum Gasteiger partial charge on any atom is 0.417 e. The van der Waals surface area contributed by atoms with E-state index in [1.165, 1.54) is 12.1 Å². The second-order valence-corrected chi connectivity index (χ2v) is 7.07. The molecule has 1 aromatic carbocycles. The van der Waals surface area contributed by atoms with Crippen molar-refractivity contribution in [1.29, 1.82) is 0 Å². The van der Waals surface area contributed by atoms with Crippen molar-refractivity contribution >= 4 is 34.9 Å². The molecule has 1 aromatic heterocycles. The van der Waals surface area contributed by atoms with Crippen molar-refractivity contribution in [3.63, 3.8) is 0 Å². The SMILES string of the molecule is O=C(COc1ccc(F)cc1Cl)N1CCN(c2ncc(C(F)(F)F)cc2Cl)CC1. The van der Waals surface area contributed by atoms with Crippen molar-refractivity contribution in [2.75, 3.05) is 37.7 Å². The molecule has 0 saturated carbocycles. The van der Waals surface area contributed by atoms with Gasteiger partial charge in [0.05, 0.1) is 15.6 Å². The molecule has 0 aliphatic carbocycles. The first-order valence-electron chi connectivity index (χ1n) is 8.48. The van der Waals surface area contributed by atoms with Gasteiger partial charge in [-0.3, -0.25) is 4.79 Å². The number of nitrogens with zero attached hydrogens (tertiary/aromatic N) is 3. The van der Waals surface area contributed by atoms with Crippen LogP contribution in [0, 0.1) is 5.82 Å². The van der Waals surface area contributed by atoms with Gasteiger partial charge in [0.15, 0.2) is 6.61 Å². The Labute approximate surface area is 173 Å². The summed E-state index contributed by atoms with van der Waals surface area (Å²) in [6, 6.07) is 4.43. The Morgan fingerprint density at radius 3 is 2.38 bits per heavy atom. The molecule has 1 aliphatic rings. The maximum atomic E-state index is 13.0. The Kier molecular flexibility index (Phi) is 6.38. The third kappa shape index (κ3) is 5.22. The van der Waals surface area contributed by atoms with Crippen LogP contribution >= 0.6 is 23.2 Å². The van der Waals surface area contributed by atoms with E-state index in [0.29, 0.717) is 26.2 Å². The standard InChI is InChI=1S/C18H15Cl2F4N3O2/c19-13-8-12(21)1-2-15(13)29-10-16(28)26-3-5-27(6-4-26)17-14(20)7-11(9-25-17)18(22,23)24/h1-2,7-9H,3-6,10H2. The molecule has 0 spiro atoms. The molecule has 2 heterocycles. The van der Waals surface area contributed by atoms with Crippen LogP contribution in [0.15, 0.2) is 30.5 Å². The average Bonchev–Trinajstić information content (AvgIpc) is 2.66. The number of halogens is 6. The number of ether oxygens (including phenoxy) is 1. The monoisotopic (exact) mass is 451 g/mol. The fourth-order valence-corrected chi connectivity index (χ4v) is 3.32. The molecule has 156 valence electrons. The fraction of sp³-hybridized carbons (Fsp3) is 0.333. The summed E-state index contributed by atoms with van der Waals surface area (Å²) in [5, 5.41) is -0.0421. The van der Waals surface area contributed by atoms with Gasteiger partial charge in [-0.05, 0) is 24.3 Å². The fourth-order valence-electron chi connectivity index (χ4n) is 2.81. The molecular weight excluding hydrogens is 437 g/mol. The molecule has 0 unspecified atom stereocenters. The van der Waals surface area contributed by atoms with Gasteiger partial charge in [-0.1, -0.05) is 23.2 Å². The predicted octanol–water partition coefficient (Wildman–Crippen LogP) is 4.27. The smallest absolute Gasteiger partial charge is 0.417 e. The third-order valence-corrected chi connectivity index (χ3v) is 4.90. The maximum absolute atomic E-state index is 13.0. The van der Waals surface area contributed by atoms with Crippen LogP contribution in [0.2, 0.25) is 10.0 Å². The molecule has 1 saturated heterocycles. The van der Waals surface area contributed by atoms with Gasteiger partial charge in [0, 0.05) is 32.4 Å². The Morgan fingerprint density at radius 2 is 1.79 bits per heavy atom. The van der Waals surface area contributed by atoms with Gasteiger partial charge in [0.25, 0.3) is 5.91 Å². The summed E-state index contributed by atoms with van der Waals surface area (Å²) in [5.41, 5.74) is -0.920. The van der Waals surface area contributed by atoms with Gasteiger partial charge in [-0.25, -0.2) is 9.37 Å². The zero-order valence-corrected chi connectivity index (χ0v) is 16.4. The number of piperazine rings is 1. The summed E-state index contributed by atoms with van der Waals surface area (Å²) >= 11 is 11.8. The topological polar surface area (TPSA) is 45.7 Å². The lowest BCUT2D eigenvalue weighted by Gasteiger charge is -2.35. The highest BCUT2D eigenvalue weighted by Crippen LogP contribution is 2.33. The number of hydrogen-bond donors (Lipinski definition) is 0. The first kappa shape index (κ1) is 21.4. The van der Waals surface area contributed by atoms with E-state index in [1.54, 1.807) is 9.80 Å². The highest BCUT2D eigenvalue weighted by atomic mass is 35.5. The Balaban J connectivity index is 1.55. The van der Waals surface area contributed by atoms with E-state index in [0.717, 1.165) is 18.3 Å². The minimum absolute atomic E-state index is 0.0608. The first-order chi connectivity index (χ1) is 13.6. The summed E-state index contributed by atoms with van der Waals surface area (Å²) in [4.78, 5) is 19.4. The minimum atomic E-state index is -4.52. The van der Waals surface area contributed by atoms with Crippen LogP contribution in [0.5, 0.6) is 5.75 Å². The summed E-state index contributed by atoms with van der Waals surface area (Å²) < 4.78 is 56.6. The average molecular weight is 452 g/mol. The quantitative estimate of drug-likeness (QED) is 0.651. The molecule has 3 rings (SSSR count). The summed E-state index contributed by atoms with van der Waals surface area (Å²) in [7, 11) is 0. The number of amides is 1. The van der Waals surface area contributed by atoms with Crippen LogP contribution in [0.1, 0.15) is 5.56 Å². The minimum Gasteiger partial charge on any atom is -0.482 e. The number of anilines is 1. The molecule has 0 atom stereocenters. The van der Waals surface area contributed by atoms with Crippen molar-refractivity contribution in [2.24, 2.45) is 0 Å². The zero-order chi connectivity index (χ0) is 21.2. The van der Waals surface area contributed by atoms with Crippen LogP contribution in [0.25, 0.3) is 0 Å². The highest BCUT2D eigenvalue weighted by Gasteiger charge is 2.32. The van der Waals surface area contributed by atoms with Gasteiger partial charge >= 0.3 is 6.18 Å². The summed E-state index contributed by atoms with van der Waals surface area (Å²) in [6.45, 7) is 1.06. The van der Waals surface area contributed by atoms with Gasteiger partial charge in [-0.2, -0.15) is 13.2 Å². The van der Waals surface area contributed by atoms with Crippen LogP contribution in [-0.2, 0) is 11.0 Å². The van der Waals surface area contributed by atoms with Gasteiger partial charge < -0.3 is 14.5 Å². The number of carbonyl (C=O) groups excluding carboxylic acids is 1. The molecule has 1 fully saturated rings. The van der Waals surface area contributed by atoms with E-state index < -0.39 is 17.6 Å². The number of benzene rings is 1. The van der Waals surface area contributed by atoms with Gasteiger partial charge in [0.1, 0.15) is 17.4 Å². The van der Waals surface area contributed by atoms with Crippen LogP contribution in [0.4, 0.5) is 23.4 Å². The van der Waals surface area contributed by atoms with E-state index >= 15 is 0 Å². The van der Waals surface area contributed by atoms with E-state index in [1.807, 2.05) is 0 Å². The second-order valence-electron chi connectivity index (χ2n) is 6.26. The molecule has 0 radical (unpaired) electrons. The zero-order valence-electron chi connectivity index (χ0n) is 14.8. The van der Waals surface area contributed by atoms with Crippen molar-refractivity contribution in [2.45, 2.75) is 6.18 Å². The number of alkyl halides is 3. The van der Waals surface area contributed by atoms with Crippen molar-refractivity contribution in [3.05, 3.63) is 51.9 Å². The van der Waals surface area contributed by atoms with E-state index in [-0.39, 0.29) is 34.1 Å². The number of aromatic nitrogens is 1. The van der Waals surface area contributed by atoms with Crippen LogP contribution in [0.3, 0.4) is 0 Å². The number of rotatable bonds is 4. The lowest BCUT2D eigenvalue weighted by molar-refractivity contribution is -0.138.